The second-order valence-electron chi connectivity index (χ2n) is 5.17. The molecule has 0 heterocycles. The molecule has 0 saturated heterocycles. The molecule has 0 rings (SSSR count). The number of carboxylic acids is 4. The van der Waals surface area contributed by atoms with Gasteiger partial charge in [-0.2, -0.15) is 0 Å². The van der Waals surface area contributed by atoms with Gasteiger partial charge >= 0.3 is 0 Å². The third-order valence-corrected chi connectivity index (χ3v) is 3.26. The summed E-state index contributed by atoms with van der Waals surface area (Å²) >= 11 is 0. The van der Waals surface area contributed by atoms with E-state index in [1.54, 1.807) is 9.80 Å². The summed E-state index contributed by atoms with van der Waals surface area (Å²) in [6.07, 6.45) is -1.15. The predicted octanol–water partition coefficient (Wildman–Crippen LogP) is -5.85. The lowest BCUT2D eigenvalue weighted by Gasteiger charge is -2.28. The van der Waals surface area contributed by atoms with Gasteiger partial charge in [-0.15, -0.1) is 0 Å². The van der Waals surface area contributed by atoms with Crippen LogP contribution in [0.5, 0.6) is 0 Å². The summed E-state index contributed by atoms with van der Waals surface area (Å²) in [6.45, 7) is 0.713. The van der Waals surface area contributed by atoms with E-state index < -0.39 is 23.9 Å². The Morgan fingerprint density at radius 3 is 0.833 bits per heavy atom. The molecule has 0 aromatic heterocycles. The fraction of sp³-hybridized carbons (Fsp3) is 0.714. The van der Waals surface area contributed by atoms with Crippen molar-refractivity contribution in [1.29, 1.82) is 0 Å². The van der Waals surface area contributed by atoms with Gasteiger partial charge in [0.1, 0.15) is 0 Å². The van der Waals surface area contributed by atoms with E-state index in [1.807, 2.05) is 0 Å². The number of carbonyl (C=O) groups excluding carboxylic acids is 4. The van der Waals surface area contributed by atoms with E-state index in [0.717, 1.165) is 0 Å². The molecule has 0 aliphatic carbocycles. The minimum atomic E-state index is -1.28. The maximum atomic E-state index is 10.5. The van der Waals surface area contributed by atoms with E-state index in [0.29, 0.717) is 0 Å². The van der Waals surface area contributed by atoms with Crippen LogP contribution in [0, 0.1) is 0 Å². The molecule has 0 spiro atoms. The van der Waals surface area contributed by atoms with E-state index in [1.165, 1.54) is 0 Å². The standard InChI is InChI=1S/C14H24N2O8/c17-11(18)1-5-15(6-2-12(19)20)9-10-16(7-3-13(21)22)8-4-14(23)24/h1-10H2,(H,17,18)(H,19,20)(H,21,22)(H,23,24)/p-4. The Kier molecular flexibility index (Phi) is 11.1. The van der Waals surface area contributed by atoms with Crippen molar-refractivity contribution in [3.05, 3.63) is 0 Å². The van der Waals surface area contributed by atoms with E-state index in [-0.39, 0.29) is 65.0 Å². The summed E-state index contributed by atoms with van der Waals surface area (Å²) in [5, 5.41) is 42.1. The van der Waals surface area contributed by atoms with Crippen molar-refractivity contribution < 1.29 is 39.6 Å². The summed E-state index contributed by atoms with van der Waals surface area (Å²) in [5.41, 5.74) is 0. The summed E-state index contributed by atoms with van der Waals surface area (Å²) in [4.78, 5) is 45.2. The van der Waals surface area contributed by atoms with Crippen LogP contribution in [0.4, 0.5) is 0 Å². The van der Waals surface area contributed by atoms with Crippen molar-refractivity contribution in [1.82, 2.24) is 9.80 Å². The van der Waals surface area contributed by atoms with Crippen molar-refractivity contribution in [2.24, 2.45) is 0 Å². The molecule has 0 atom stereocenters. The lowest BCUT2D eigenvalue weighted by atomic mass is 10.3. The molecule has 0 fully saturated rings. The van der Waals surface area contributed by atoms with Crippen LogP contribution in [0.25, 0.3) is 0 Å². The monoisotopic (exact) mass is 344 g/mol. The minimum Gasteiger partial charge on any atom is -0.550 e. The quantitative estimate of drug-likeness (QED) is 0.279. The second kappa shape index (κ2) is 12.3. The third kappa shape index (κ3) is 13.5. The summed E-state index contributed by atoms with van der Waals surface area (Å²) in [7, 11) is 0. The van der Waals surface area contributed by atoms with E-state index in [2.05, 4.69) is 0 Å². The zero-order chi connectivity index (χ0) is 18.5. The van der Waals surface area contributed by atoms with Gasteiger partial charge < -0.3 is 49.4 Å². The normalized spacial score (nSPS) is 10.9. The van der Waals surface area contributed by atoms with Gasteiger partial charge in [-0.25, -0.2) is 0 Å². The molecule has 10 heteroatoms. The highest BCUT2D eigenvalue weighted by atomic mass is 16.4. The van der Waals surface area contributed by atoms with Gasteiger partial charge in [0.05, 0.1) is 0 Å². The molecule has 0 amide bonds. The Labute approximate surface area is 139 Å². The average molecular weight is 344 g/mol. The number of hydrogen-bond acceptors (Lipinski definition) is 10. The van der Waals surface area contributed by atoms with Gasteiger partial charge in [-0.3, -0.25) is 0 Å². The van der Waals surface area contributed by atoms with Gasteiger partial charge in [-0.1, -0.05) is 0 Å². The molecule has 0 unspecified atom stereocenters. The number of carbonyl (C=O) groups is 4. The number of hydrogen-bond donors (Lipinski definition) is 0. The van der Waals surface area contributed by atoms with Crippen LogP contribution in [0.15, 0.2) is 0 Å². The highest BCUT2D eigenvalue weighted by molar-refractivity contribution is 5.65. The SMILES string of the molecule is O=C([O-])CCN(CCC(=O)[O-])CCN(CCC(=O)[O-])CCC(=O)[O-]. The molecule has 0 aliphatic rings. The van der Waals surface area contributed by atoms with Gasteiger partial charge in [0.25, 0.3) is 0 Å². The fourth-order valence-electron chi connectivity index (χ4n) is 1.95. The van der Waals surface area contributed by atoms with Crippen LogP contribution in [0.3, 0.4) is 0 Å². The van der Waals surface area contributed by atoms with Crippen molar-refractivity contribution in [3.63, 3.8) is 0 Å². The number of rotatable bonds is 15. The molecule has 0 aromatic rings. The zero-order valence-electron chi connectivity index (χ0n) is 13.2. The Balaban J connectivity index is 4.53. The van der Waals surface area contributed by atoms with Crippen LogP contribution >= 0.6 is 0 Å². The maximum Gasteiger partial charge on any atom is 0.0427 e. The average Bonchev–Trinajstić information content (AvgIpc) is 2.47. The van der Waals surface area contributed by atoms with Crippen molar-refractivity contribution in [2.75, 3.05) is 39.3 Å². The third-order valence-electron chi connectivity index (χ3n) is 3.26. The number of carboxylic acid groups (broad SMARTS) is 4. The Bertz CT molecular complexity index is 364. The topological polar surface area (TPSA) is 167 Å². The smallest absolute Gasteiger partial charge is 0.0427 e. The van der Waals surface area contributed by atoms with Crippen molar-refractivity contribution >= 4 is 23.9 Å². The molecule has 138 valence electrons. The van der Waals surface area contributed by atoms with Gasteiger partial charge in [0.15, 0.2) is 0 Å². The van der Waals surface area contributed by atoms with Crippen molar-refractivity contribution in [2.45, 2.75) is 25.7 Å². The highest BCUT2D eigenvalue weighted by Crippen LogP contribution is 1.99. The highest BCUT2D eigenvalue weighted by Gasteiger charge is 2.10. The molecule has 0 bridgehead atoms. The molecule has 0 N–H and O–H groups in total. The first kappa shape index (κ1) is 21.8. The molecule has 0 aromatic carbocycles. The minimum absolute atomic E-state index is 0.0599. The molecule has 10 nitrogen and oxygen atoms in total. The van der Waals surface area contributed by atoms with Crippen LogP contribution < -0.4 is 20.4 Å². The van der Waals surface area contributed by atoms with Gasteiger partial charge in [0.2, 0.25) is 0 Å². The Morgan fingerprint density at radius 1 is 0.458 bits per heavy atom. The van der Waals surface area contributed by atoms with Gasteiger partial charge in [0, 0.05) is 63.1 Å². The molecule has 0 radical (unpaired) electrons. The second-order valence-corrected chi connectivity index (χ2v) is 5.17. The zero-order valence-corrected chi connectivity index (χ0v) is 13.2. The number of nitrogens with zero attached hydrogens (tertiary/aromatic N) is 2. The van der Waals surface area contributed by atoms with Crippen molar-refractivity contribution in [3.8, 4) is 0 Å². The van der Waals surface area contributed by atoms with E-state index in [9.17, 15) is 39.6 Å². The molecule has 24 heavy (non-hydrogen) atoms. The van der Waals surface area contributed by atoms with Crippen LogP contribution in [0.2, 0.25) is 0 Å². The first-order valence-electron chi connectivity index (χ1n) is 7.44. The number of aliphatic carboxylic acids is 4. The fourth-order valence-corrected chi connectivity index (χ4v) is 1.95. The van der Waals surface area contributed by atoms with Crippen LogP contribution in [-0.2, 0) is 19.2 Å². The molecule has 0 aliphatic heterocycles. The van der Waals surface area contributed by atoms with E-state index >= 15 is 0 Å². The largest absolute Gasteiger partial charge is 0.550 e. The lowest BCUT2D eigenvalue weighted by molar-refractivity contribution is -0.308. The first-order chi connectivity index (χ1) is 11.2. The summed E-state index contributed by atoms with van der Waals surface area (Å²) in [6, 6.07) is 0. The predicted molar refractivity (Wildman–Crippen MR) is 71.4 cm³/mol. The molecular weight excluding hydrogens is 324 g/mol. The van der Waals surface area contributed by atoms with Gasteiger partial charge in [-0.05, 0) is 25.7 Å². The maximum absolute atomic E-state index is 10.5. The molecular formula is C14H20N2O8-4. The van der Waals surface area contributed by atoms with Crippen LogP contribution in [-0.4, -0.2) is 72.9 Å². The Hall–Kier alpha value is -2.20. The first-order valence-corrected chi connectivity index (χ1v) is 7.44. The summed E-state index contributed by atoms with van der Waals surface area (Å²) in [5.74, 6) is -5.11. The lowest BCUT2D eigenvalue weighted by Crippen LogP contribution is -2.41. The Morgan fingerprint density at radius 2 is 0.667 bits per heavy atom. The van der Waals surface area contributed by atoms with E-state index in [4.69, 9.17) is 0 Å². The summed E-state index contributed by atoms with van der Waals surface area (Å²) < 4.78 is 0. The van der Waals surface area contributed by atoms with Crippen LogP contribution in [0.1, 0.15) is 25.7 Å². The molecule has 0 saturated carbocycles.